The van der Waals surface area contributed by atoms with Gasteiger partial charge in [0.15, 0.2) is 0 Å². The first-order valence-corrected chi connectivity index (χ1v) is 10.6. The fourth-order valence-electron chi connectivity index (χ4n) is 3.93. The molecule has 2 aromatic carbocycles. The van der Waals surface area contributed by atoms with Crippen molar-refractivity contribution >= 4 is 23.0 Å². The highest BCUT2D eigenvalue weighted by Gasteiger charge is 2.36. The van der Waals surface area contributed by atoms with Crippen LogP contribution in [0.2, 0.25) is 0 Å². The number of carbonyl (C=O) groups excluding carboxylic acids is 1. The zero-order valence-corrected chi connectivity index (χ0v) is 18.7. The normalized spacial score (nSPS) is 14.4. The molecular formula is C24H26FN3O4. The van der Waals surface area contributed by atoms with E-state index in [0.29, 0.717) is 11.3 Å². The van der Waals surface area contributed by atoms with Gasteiger partial charge in [0, 0.05) is 6.54 Å². The number of anilines is 3. The van der Waals surface area contributed by atoms with Gasteiger partial charge in [0.2, 0.25) is 0 Å². The highest BCUT2D eigenvalue weighted by Crippen LogP contribution is 2.41. The number of amides is 1. The molecule has 7 nitrogen and oxygen atoms in total. The van der Waals surface area contributed by atoms with Crippen molar-refractivity contribution in [1.29, 1.82) is 0 Å². The topological polar surface area (TPSA) is 100 Å². The van der Waals surface area contributed by atoms with E-state index in [9.17, 15) is 18.8 Å². The lowest BCUT2D eigenvalue weighted by molar-refractivity contribution is 0.0966. The highest BCUT2D eigenvalue weighted by molar-refractivity contribution is 6.04. The number of halogens is 1. The molecule has 1 amide bonds. The minimum atomic E-state index is -0.761. The van der Waals surface area contributed by atoms with Crippen LogP contribution >= 0.6 is 0 Å². The largest absolute Gasteiger partial charge is 0.464 e. The maximum absolute atomic E-state index is 14.6. The molecule has 1 aliphatic rings. The third-order valence-electron chi connectivity index (χ3n) is 6.52. The number of hydrogen-bond acceptors (Lipinski definition) is 6. The van der Waals surface area contributed by atoms with Crippen LogP contribution in [0.4, 0.5) is 21.5 Å². The maximum atomic E-state index is 14.6. The standard InChI is InChI=1S/C24H26FN3O4/c1-6-24(4,5)22(15-9-11(2)12(3)32-15)28-19-18(20(29)21(19)30)27-17-14(25)8-7-13-10-26-23(31)16(13)17/h7-9,22,27-28H,6,10H2,1-5H3,(H,26,31)/t22-/m0/s1. The first-order chi connectivity index (χ1) is 15.0. The number of carbonyl (C=O) groups is 1. The maximum Gasteiger partial charge on any atom is 0.254 e. The molecule has 168 valence electrons. The zero-order chi connectivity index (χ0) is 23.4. The molecule has 0 fully saturated rings. The lowest BCUT2D eigenvalue weighted by atomic mass is 9.80. The van der Waals surface area contributed by atoms with Crippen molar-refractivity contribution in [3.05, 3.63) is 72.7 Å². The van der Waals surface area contributed by atoms with Crippen LogP contribution in [0.15, 0.2) is 32.2 Å². The molecule has 1 atom stereocenters. The summed E-state index contributed by atoms with van der Waals surface area (Å²) in [7, 11) is 0. The van der Waals surface area contributed by atoms with Crippen molar-refractivity contribution < 1.29 is 13.6 Å². The van der Waals surface area contributed by atoms with Gasteiger partial charge >= 0.3 is 0 Å². The molecular weight excluding hydrogens is 413 g/mol. The van der Waals surface area contributed by atoms with E-state index >= 15 is 0 Å². The molecule has 0 radical (unpaired) electrons. The molecule has 1 aromatic heterocycles. The summed E-state index contributed by atoms with van der Waals surface area (Å²) in [6.07, 6.45) is 0.767. The Balaban J connectivity index is 1.74. The second kappa shape index (κ2) is 7.62. The fourth-order valence-corrected chi connectivity index (χ4v) is 3.93. The van der Waals surface area contributed by atoms with Gasteiger partial charge in [0.05, 0.1) is 17.3 Å². The smallest absolute Gasteiger partial charge is 0.254 e. The van der Waals surface area contributed by atoms with Crippen LogP contribution in [-0.2, 0) is 6.54 Å². The summed E-state index contributed by atoms with van der Waals surface area (Å²) in [5.74, 6) is 0.316. The van der Waals surface area contributed by atoms with E-state index in [2.05, 4.69) is 16.0 Å². The number of benzene rings is 1. The predicted octanol–water partition coefficient (Wildman–Crippen LogP) is 4.21. The zero-order valence-electron chi connectivity index (χ0n) is 18.7. The molecule has 32 heavy (non-hydrogen) atoms. The number of hydrogen-bond donors (Lipinski definition) is 3. The summed E-state index contributed by atoms with van der Waals surface area (Å²) in [6.45, 7) is 10.2. The van der Waals surface area contributed by atoms with E-state index in [1.54, 1.807) is 0 Å². The molecule has 0 saturated heterocycles. The second-order valence-corrected chi connectivity index (χ2v) is 8.98. The number of aryl methyl sites for hydroxylation is 2. The number of fused-ring (bicyclic) bond motifs is 1. The Labute approximate surface area is 184 Å². The van der Waals surface area contributed by atoms with Crippen molar-refractivity contribution in [3.63, 3.8) is 0 Å². The van der Waals surface area contributed by atoms with Gasteiger partial charge in [0.1, 0.15) is 28.7 Å². The van der Waals surface area contributed by atoms with Crippen molar-refractivity contribution in [3.8, 4) is 0 Å². The lowest BCUT2D eigenvalue weighted by Gasteiger charge is -2.34. The van der Waals surface area contributed by atoms with Crippen molar-refractivity contribution in [2.45, 2.75) is 53.6 Å². The SMILES string of the molecule is CCC(C)(C)[C@@H](Nc1c(Nc2c(F)ccc3c2C(=O)NC3)c(=O)c1=O)c1cc(C)c(C)o1. The quantitative estimate of drug-likeness (QED) is 0.477. The Kier molecular flexibility index (Phi) is 5.19. The summed E-state index contributed by atoms with van der Waals surface area (Å²) in [5, 5.41) is 8.55. The number of rotatable bonds is 7. The van der Waals surface area contributed by atoms with Crippen molar-refractivity contribution in [1.82, 2.24) is 5.32 Å². The molecule has 0 spiro atoms. The molecule has 2 heterocycles. The Morgan fingerprint density at radius 3 is 2.44 bits per heavy atom. The van der Waals surface area contributed by atoms with E-state index in [1.807, 2.05) is 40.7 Å². The van der Waals surface area contributed by atoms with Crippen LogP contribution in [-0.4, -0.2) is 5.91 Å². The Morgan fingerprint density at radius 1 is 1.12 bits per heavy atom. The van der Waals surface area contributed by atoms with E-state index < -0.39 is 28.6 Å². The summed E-state index contributed by atoms with van der Waals surface area (Å²) in [5.41, 5.74) is -0.136. The van der Waals surface area contributed by atoms with Gasteiger partial charge in [-0.05, 0) is 48.9 Å². The molecule has 4 rings (SSSR count). The monoisotopic (exact) mass is 439 g/mol. The van der Waals surface area contributed by atoms with Gasteiger partial charge < -0.3 is 20.4 Å². The minimum Gasteiger partial charge on any atom is -0.464 e. The molecule has 0 saturated carbocycles. The third kappa shape index (κ3) is 3.39. The minimum absolute atomic E-state index is 0.0566. The van der Waals surface area contributed by atoms with Gasteiger partial charge in [-0.1, -0.05) is 26.8 Å². The lowest BCUT2D eigenvalue weighted by Crippen LogP contribution is -2.40. The van der Waals surface area contributed by atoms with Crippen LogP contribution in [0, 0.1) is 25.1 Å². The van der Waals surface area contributed by atoms with Gasteiger partial charge in [-0.25, -0.2) is 4.39 Å². The molecule has 0 aliphatic carbocycles. The average Bonchev–Trinajstić information content (AvgIpc) is 3.29. The first kappa shape index (κ1) is 21.8. The van der Waals surface area contributed by atoms with Crippen LogP contribution in [0.1, 0.15) is 66.2 Å². The van der Waals surface area contributed by atoms with Gasteiger partial charge in [0.25, 0.3) is 16.8 Å². The van der Waals surface area contributed by atoms with E-state index in [0.717, 1.165) is 17.7 Å². The summed E-state index contributed by atoms with van der Waals surface area (Å²) >= 11 is 0. The Bertz CT molecular complexity index is 1280. The molecule has 3 aromatic rings. The Morgan fingerprint density at radius 2 is 1.81 bits per heavy atom. The van der Waals surface area contributed by atoms with E-state index in [1.165, 1.54) is 12.1 Å². The third-order valence-corrected chi connectivity index (χ3v) is 6.52. The fraction of sp³-hybridized carbons (Fsp3) is 0.375. The summed E-state index contributed by atoms with van der Waals surface area (Å²) in [4.78, 5) is 37.1. The van der Waals surface area contributed by atoms with Crippen LogP contribution in [0.5, 0.6) is 0 Å². The molecule has 8 heteroatoms. The summed E-state index contributed by atoms with van der Waals surface area (Å²) in [6, 6.07) is 4.27. The van der Waals surface area contributed by atoms with Gasteiger partial charge in [-0.3, -0.25) is 14.4 Å². The van der Waals surface area contributed by atoms with Crippen LogP contribution < -0.4 is 26.8 Å². The van der Waals surface area contributed by atoms with Crippen LogP contribution in [0.3, 0.4) is 0 Å². The first-order valence-electron chi connectivity index (χ1n) is 10.6. The average molecular weight is 439 g/mol. The predicted molar refractivity (Wildman–Crippen MR) is 121 cm³/mol. The molecule has 0 bridgehead atoms. The molecule has 1 aliphatic heterocycles. The highest BCUT2D eigenvalue weighted by atomic mass is 19.1. The van der Waals surface area contributed by atoms with Crippen LogP contribution in [0.25, 0.3) is 0 Å². The second-order valence-electron chi connectivity index (χ2n) is 8.98. The summed E-state index contributed by atoms with van der Waals surface area (Å²) < 4.78 is 20.5. The van der Waals surface area contributed by atoms with Crippen molar-refractivity contribution in [2.24, 2.45) is 5.41 Å². The van der Waals surface area contributed by atoms with E-state index in [4.69, 9.17) is 4.42 Å². The molecule has 0 unspecified atom stereocenters. The number of nitrogens with one attached hydrogen (secondary N) is 3. The van der Waals surface area contributed by atoms with Gasteiger partial charge in [-0.2, -0.15) is 0 Å². The number of furan rings is 1. The van der Waals surface area contributed by atoms with E-state index in [-0.39, 0.29) is 34.6 Å². The Hall–Kier alpha value is -3.42. The molecule has 3 N–H and O–H groups in total. The van der Waals surface area contributed by atoms with Crippen molar-refractivity contribution in [2.75, 3.05) is 10.6 Å². The van der Waals surface area contributed by atoms with Gasteiger partial charge in [-0.15, -0.1) is 0 Å².